The fourth-order valence-electron chi connectivity index (χ4n) is 1.91. The summed E-state index contributed by atoms with van der Waals surface area (Å²) in [5.41, 5.74) is 3.11. The first-order valence-electron chi connectivity index (χ1n) is 5.87. The largest absolute Gasteiger partial charge is 0.408 e. The Morgan fingerprint density at radius 2 is 1.89 bits per heavy atom. The van der Waals surface area contributed by atoms with Gasteiger partial charge in [0.25, 0.3) is 0 Å². The van der Waals surface area contributed by atoms with E-state index in [1.54, 1.807) is 18.5 Å². The van der Waals surface area contributed by atoms with Crippen LogP contribution in [0, 0.1) is 17.0 Å². The van der Waals surface area contributed by atoms with Crippen LogP contribution in [0.5, 0.6) is 0 Å². The zero-order valence-corrected chi connectivity index (χ0v) is 10.9. The van der Waals surface area contributed by atoms with E-state index in [-0.39, 0.29) is 5.82 Å². The molecule has 1 aromatic heterocycles. The summed E-state index contributed by atoms with van der Waals surface area (Å²) in [5, 5.41) is 12.9. The molecule has 1 aliphatic rings. The lowest BCUT2D eigenvalue weighted by molar-refractivity contribution is -0.388. The van der Waals surface area contributed by atoms with E-state index >= 15 is 0 Å². The molecule has 1 aromatic rings. The minimum Gasteiger partial charge on any atom is -0.358 e. The van der Waals surface area contributed by atoms with Crippen molar-refractivity contribution >= 4 is 11.6 Å². The standard InChI is InChI=1S/C10H18N6O2/c1-8-11-9(16(17)18)10(14(8)3)12-15-6-4-13(2)5-7-15/h12H,4-7H2,1-3H3. The van der Waals surface area contributed by atoms with Crippen molar-refractivity contribution in [2.24, 2.45) is 7.05 Å². The molecule has 0 unspecified atom stereocenters. The first-order valence-corrected chi connectivity index (χ1v) is 5.87. The van der Waals surface area contributed by atoms with Gasteiger partial charge in [-0.2, -0.15) is 0 Å². The zero-order chi connectivity index (χ0) is 13.3. The Balaban J connectivity index is 2.15. The van der Waals surface area contributed by atoms with Gasteiger partial charge in [-0.15, -0.1) is 0 Å². The lowest BCUT2D eigenvalue weighted by atomic mass is 10.4. The summed E-state index contributed by atoms with van der Waals surface area (Å²) < 4.78 is 1.70. The van der Waals surface area contributed by atoms with E-state index in [0.717, 1.165) is 26.2 Å². The molecule has 2 rings (SSSR count). The quantitative estimate of drug-likeness (QED) is 0.613. The molecule has 1 saturated heterocycles. The number of imidazole rings is 1. The average molecular weight is 254 g/mol. The normalized spacial score (nSPS) is 17.9. The molecule has 0 amide bonds. The van der Waals surface area contributed by atoms with Crippen LogP contribution in [0.15, 0.2) is 0 Å². The third kappa shape index (κ3) is 2.44. The number of nitro groups is 1. The molecular formula is C10H18N6O2. The lowest BCUT2D eigenvalue weighted by Crippen LogP contribution is -2.47. The van der Waals surface area contributed by atoms with E-state index in [1.807, 2.05) is 5.01 Å². The van der Waals surface area contributed by atoms with Gasteiger partial charge >= 0.3 is 5.82 Å². The van der Waals surface area contributed by atoms with E-state index in [2.05, 4.69) is 22.4 Å². The maximum Gasteiger partial charge on any atom is 0.408 e. The average Bonchev–Trinajstić information content (AvgIpc) is 2.60. The summed E-state index contributed by atoms with van der Waals surface area (Å²) in [6.45, 7) is 5.30. The predicted octanol–water partition coefficient (Wildman–Crippen LogP) is 0.211. The molecule has 0 spiro atoms. The Morgan fingerprint density at radius 1 is 1.28 bits per heavy atom. The molecule has 2 heterocycles. The van der Waals surface area contributed by atoms with Gasteiger partial charge in [0, 0.05) is 40.2 Å². The van der Waals surface area contributed by atoms with Crippen molar-refractivity contribution in [1.29, 1.82) is 0 Å². The van der Waals surface area contributed by atoms with Gasteiger partial charge in [0.1, 0.15) is 0 Å². The molecule has 18 heavy (non-hydrogen) atoms. The van der Waals surface area contributed by atoms with Crippen molar-refractivity contribution < 1.29 is 4.92 Å². The SMILES string of the molecule is Cc1nc([N+](=O)[O-])c(NN2CCN(C)CC2)n1C. The Kier molecular flexibility index (Phi) is 3.48. The Morgan fingerprint density at radius 3 is 2.44 bits per heavy atom. The summed E-state index contributed by atoms with van der Waals surface area (Å²) in [6.07, 6.45) is 0. The van der Waals surface area contributed by atoms with Gasteiger partial charge in [-0.05, 0) is 17.0 Å². The van der Waals surface area contributed by atoms with Crippen LogP contribution in [-0.4, -0.2) is 57.6 Å². The molecule has 8 nitrogen and oxygen atoms in total. The smallest absolute Gasteiger partial charge is 0.358 e. The van der Waals surface area contributed by atoms with Crippen molar-refractivity contribution in [3.8, 4) is 0 Å². The van der Waals surface area contributed by atoms with Crippen LogP contribution in [-0.2, 0) is 7.05 Å². The zero-order valence-electron chi connectivity index (χ0n) is 10.9. The third-order valence-corrected chi connectivity index (χ3v) is 3.24. The second-order valence-electron chi connectivity index (χ2n) is 4.55. The second kappa shape index (κ2) is 4.91. The molecule has 0 aromatic carbocycles. The van der Waals surface area contributed by atoms with Crippen LogP contribution in [0.3, 0.4) is 0 Å². The van der Waals surface area contributed by atoms with Crippen LogP contribution >= 0.6 is 0 Å². The minimum atomic E-state index is -0.453. The molecule has 0 atom stereocenters. The fraction of sp³-hybridized carbons (Fsp3) is 0.700. The van der Waals surface area contributed by atoms with Crippen LogP contribution in [0.25, 0.3) is 0 Å². The van der Waals surface area contributed by atoms with Gasteiger partial charge in [-0.1, -0.05) is 0 Å². The maximum absolute atomic E-state index is 10.9. The molecular weight excluding hydrogens is 236 g/mol. The molecule has 1 N–H and O–H groups in total. The van der Waals surface area contributed by atoms with Crippen LogP contribution in [0.2, 0.25) is 0 Å². The number of nitrogens with zero attached hydrogens (tertiary/aromatic N) is 5. The van der Waals surface area contributed by atoms with Gasteiger partial charge in [0.2, 0.25) is 11.6 Å². The summed E-state index contributed by atoms with van der Waals surface area (Å²) in [7, 11) is 3.84. The van der Waals surface area contributed by atoms with Gasteiger partial charge in [0.15, 0.2) is 0 Å². The topological polar surface area (TPSA) is 79.5 Å². The van der Waals surface area contributed by atoms with Gasteiger partial charge in [-0.25, -0.2) is 5.01 Å². The van der Waals surface area contributed by atoms with E-state index in [9.17, 15) is 10.1 Å². The first-order chi connectivity index (χ1) is 8.49. The minimum absolute atomic E-state index is 0.117. The fourth-order valence-corrected chi connectivity index (χ4v) is 1.91. The van der Waals surface area contributed by atoms with Crippen molar-refractivity contribution in [1.82, 2.24) is 19.5 Å². The Hall–Kier alpha value is -1.67. The Bertz CT molecular complexity index is 449. The summed E-state index contributed by atoms with van der Waals surface area (Å²) in [5.74, 6) is 0.953. The highest BCUT2D eigenvalue weighted by Crippen LogP contribution is 2.24. The van der Waals surface area contributed by atoms with Crippen LogP contribution < -0.4 is 5.43 Å². The molecule has 8 heteroatoms. The summed E-state index contributed by atoms with van der Waals surface area (Å²) in [4.78, 5) is 16.7. The molecule has 0 radical (unpaired) electrons. The van der Waals surface area contributed by atoms with E-state index in [0.29, 0.717) is 11.6 Å². The number of rotatable bonds is 3. The molecule has 1 aliphatic heterocycles. The van der Waals surface area contributed by atoms with E-state index < -0.39 is 4.92 Å². The number of piperazine rings is 1. The van der Waals surface area contributed by atoms with Gasteiger partial charge in [0.05, 0.1) is 0 Å². The first kappa shape index (κ1) is 12.8. The molecule has 1 fully saturated rings. The predicted molar refractivity (Wildman–Crippen MR) is 67.3 cm³/mol. The maximum atomic E-state index is 10.9. The number of hydrogen-bond acceptors (Lipinski definition) is 6. The van der Waals surface area contributed by atoms with Crippen molar-refractivity contribution in [2.75, 3.05) is 38.7 Å². The number of hydrazine groups is 1. The monoisotopic (exact) mass is 254 g/mol. The summed E-state index contributed by atoms with van der Waals surface area (Å²) in [6, 6.07) is 0. The van der Waals surface area contributed by atoms with Crippen molar-refractivity contribution in [2.45, 2.75) is 6.92 Å². The number of aromatic nitrogens is 2. The number of nitrogens with one attached hydrogen (secondary N) is 1. The number of aryl methyl sites for hydroxylation is 1. The van der Waals surface area contributed by atoms with Crippen molar-refractivity contribution in [3.63, 3.8) is 0 Å². The molecule has 0 aliphatic carbocycles. The van der Waals surface area contributed by atoms with Gasteiger partial charge < -0.3 is 15.0 Å². The highest BCUT2D eigenvalue weighted by Gasteiger charge is 2.26. The van der Waals surface area contributed by atoms with Gasteiger partial charge in [-0.3, -0.25) is 9.99 Å². The Labute approximate surface area is 105 Å². The highest BCUT2D eigenvalue weighted by molar-refractivity contribution is 5.52. The third-order valence-electron chi connectivity index (χ3n) is 3.24. The van der Waals surface area contributed by atoms with Crippen molar-refractivity contribution in [3.05, 3.63) is 15.9 Å². The van der Waals surface area contributed by atoms with E-state index in [4.69, 9.17) is 0 Å². The molecule has 100 valence electrons. The lowest BCUT2D eigenvalue weighted by Gasteiger charge is -2.32. The number of anilines is 1. The second-order valence-corrected chi connectivity index (χ2v) is 4.55. The molecule has 0 saturated carbocycles. The van der Waals surface area contributed by atoms with Crippen LogP contribution in [0.1, 0.15) is 5.82 Å². The molecule has 0 bridgehead atoms. The summed E-state index contributed by atoms with van der Waals surface area (Å²) >= 11 is 0. The number of likely N-dealkylation sites (N-methyl/N-ethyl adjacent to an activating group) is 1. The van der Waals surface area contributed by atoms with E-state index in [1.165, 1.54) is 0 Å². The highest BCUT2D eigenvalue weighted by atomic mass is 16.6. The van der Waals surface area contributed by atoms with Crippen LogP contribution in [0.4, 0.5) is 11.6 Å². The number of hydrogen-bond donors (Lipinski definition) is 1.